The third-order valence-electron chi connectivity index (χ3n) is 2.91. The molecule has 2 N–H and O–H groups in total. The molecule has 1 atom stereocenters. The van der Waals surface area contributed by atoms with Gasteiger partial charge in [0, 0.05) is 17.3 Å². The largest absolute Gasteiger partial charge is 0.508 e. The van der Waals surface area contributed by atoms with E-state index in [1.807, 2.05) is 23.9 Å². The van der Waals surface area contributed by atoms with Crippen molar-refractivity contribution in [3.8, 4) is 5.75 Å². The van der Waals surface area contributed by atoms with Crippen molar-refractivity contribution in [3.05, 3.63) is 29.8 Å². The maximum atomic E-state index is 9.21. The van der Waals surface area contributed by atoms with E-state index < -0.39 is 0 Å². The number of aromatic hydroxyl groups is 1. The van der Waals surface area contributed by atoms with Gasteiger partial charge in [-0.1, -0.05) is 12.1 Å². The van der Waals surface area contributed by atoms with E-state index >= 15 is 0 Å². The first-order valence-corrected chi connectivity index (χ1v) is 7.22. The molecule has 96 valence electrons. The Morgan fingerprint density at radius 2 is 1.88 bits per heavy atom. The van der Waals surface area contributed by atoms with E-state index in [4.69, 9.17) is 0 Å². The van der Waals surface area contributed by atoms with Crippen LogP contribution < -0.4 is 5.32 Å². The molecule has 1 aromatic carbocycles. The number of thioether (sulfide) groups is 1. The molecule has 1 aromatic rings. The van der Waals surface area contributed by atoms with Gasteiger partial charge in [-0.15, -0.1) is 0 Å². The van der Waals surface area contributed by atoms with E-state index in [9.17, 15) is 5.11 Å². The van der Waals surface area contributed by atoms with Gasteiger partial charge in [0.15, 0.2) is 0 Å². The van der Waals surface area contributed by atoms with Gasteiger partial charge in [-0.2, -0.15) is 11.8 Å². The van der Waals surface area contributed by atoms with Crippen LogP contribution in [0.25, 0.3) is 0 Å². The Bertz CT molecular complexity index is 335. The monoisotopic (exact) mass is 253 g/mol. The Balaban J connectivity index is 2.39. The van der Waals surface area contributed by atoms with E-state index in [0.29, 0.717) is 11.8 Å². The van der Waals surface area contributed by atoms with Crippen LogP contribution >= 0.6 is 11.8 Å². The molecule has 0 aliphatic heterocycles. The van der Waals surface area contributed by atoms with Crippen molar-refractivity contribution >= 4 is 11.8 Å². The molecule has 17 heavy (non-hydrogen) atoms. The maximum Gasteiger partial charge on any atom is 0.115 e. The average molecular weight is 253 g/mol. The van der Waals surface area contributed by atoms with Crippen LogP contribution in [0.4, 0.5) is 0 Å². The molecule has 2 nitrogen and oxygen atoms in total. The Hall–Kier alpha value is -0.670. The summed E-state index contributed by atoms with van der Waals surface area (Å²) in [5, 5.41) is 12.8. The lowest BCUT2D eigenvalue weighted by Gasteiger charge is -2.25. The number of phenols is 1. The molecule has 0 saturated carbocycles. The van der Waals surface area contributed by atoms with Crippen molar-refractivity contribution in [1.29, 1.82) is 0 Å². The summed E-state index contributed by atoms with van der Waals surface area (Å²) in [6.07, 6.45) is 3.14. The molecule has 0 unspecified atom stereocenters. The number of hydrogen-bond donors (Lipinski definition) is 2. The van der Waals surface area contributed by atoms with E-state index in [1.165, 1.54) is 5.56 Å². The van der Waals surface area contributed by atoms with Crippen molar-refractivity contribution in [2.45, 2.75) is 38.0 Å². The Kier molecular flexibility index (Phi) is 5.34. The van der Waals surface area contributed by atoms with Crippen LogP contribution in [0.2, 0.25) is 0 Å². The van der Waals surface area contributed by atoms with Gasteiger partial charge < -0.3 is 10.4 Å². The van der Waals surface area contributed by atoms with Gasteiger partial charge in [0.25, 0.3) is 0 Å². The maximum absolute atomic E-state index is 9.21. The van der Waals surface area contributed by atoms with E-state index in [-0.39, 0.29) is 4.75 Å². The number of phenolic OH excluding ortho intramolecular Hbond substituents is 1. The lowest BCUT2D eigenvalue weighted by molar-refractivity contribution is 0.474. The second kappa shape index (κ2) is 6.31. The van der Waals surface area contributed by atoms with E-state index in [2.05, 4.69) is 32.3 Å². The summed E-state index contributed by atoms with van der Waals surface area (Å²) >= 11 is 1.88. The Labute approximate surface area is 109 Å². The van der Waals surface area contributed by atoms with Crippen LogP contribution in [0.3, 0.4) is 0 Å². The first kappa shape index (κ1) is 14.4. The molecule has 0 aromatic heterocycles. The molecule has 0 aliphatic rings. The van der Waals surface area contributed by atoms with Gasteiger partial charge in [-0.05, 0) is 51.1 Å². The number of nitrogens with one attached hydrogen (secondary N) is 1. The summed E-state index contributed by atoms with van der Waals surface area (Å²) in [5.41, 5.74) is 1.25. The quantitative estimate of drug-likeness (QED) is 0.817. The molecule has 0 radical (unpaired) electrons. The molecular formula is C14H23NOS. The lowest BCUT2D eigenvalue weighted by atomic mass is 10.1. The second-order valence-electron chi connectivity index (χ2n) is 5.12. The molecule has 0 spiro atoms. The highest BCUT2D eigenvalue weighted by Gasteiger charge is 2.16. The third kappa shape index (κ3) is 5.46. The van der Waals surface area contributed by atoms with Crippen molar-refractivity contribution in [2.24, 2.45) is 0 Å². The highest BCUT2D eigenvalue weighted by Crippen LogP contribution is 2.20. The van der Waals surface area contributed by atoms with Gasteiger partial charge in [-0.3, -0.25) is 0 Å². The fourth-order valence-corrected chi connectivity index (χ4v) is 1.78. The zero-order chi connectivity index (χ0) is 12.9. The SMILES string of the molecule is CSC(C)(C)CN[C@@H](C)Cc1ccc(O)cc1. The van der Waals surface area contributed by atoms with E-state index in [0.717, 1.165) is 13.0 Å². The highest BCUT2D eigenvalue weighted by atomic mass is 32.2. The van der Waals surface area contributed by atoms with Gasteiger partial charge in [0.05, 0.1) is 0 Å². The van der Waals surface area contributed by atoms with Crippen molar-refractivity contribution in [3.63, 3.8) is 0 Å². The minimum atomic E-state index is 0.281. The first-order valence-electron chi connectivity index (χ1n) is 5.99. The predicted molar refractivity (Wildman–Crippen MR) is 76.9 cm³/mol. The number of rotatable bonds is 6. The second-order valence-corrected chi connectivity index (χ2v) is 6.63. The summed E-state index contributed by atoms with van der Waals surface area (Å²) in [4.78, 5) is 0. The molecule has 0 saturated heterocycles. The molecule has 3 heteroatoms. The highest BCUT2D eigenvalue weighted by molar-refractivity contribution is 7.99. The number of hydrogen-bond acceptors (Lipinski definition) is 3. The zero-order valence-corrected chi connectivity index (χ0v) is 12.0. The Morgan fingerprint density at radius 1 is 1.29 bits per heavy atom. The average Bonchev–Trinajstić information content (AvgIpc) is 2.30. The molecule has 0 aliphatic carbocycles. The first-order chi connectivity index (χ1) is 7.93. The predicted octanol–water partition coefficient (Wildman–Crippen LogP) is 3.05. The molecule has 1 rings (SSSR count). The van der Waals surface area contributed by atoms with E-state index in [1.54, 1.807) is 12.1 Å². The fraction of sp³-hybridized carbons (Fsp3) is 0.571. The normalized spacial score (nSPS) is 13.6. The molecular weight excluding hydrogens is 230 g/mol. The molecule has 0 heterocycles. The van der Waals surface area contributed by atoms with Crippen molar-refractivity contribution < 1.29 is 5.11 Å². The van der Waals surface area contributed by atoms with Gasteiger partial charge in [0.1, 0.15) is 5.75 Å². The summed E-state index contributed by atoms with van der Waals surface area (Å²) in [5.74, 6) is 0.331. The zero-order valence-electron chi connectivity index (χ0n) is 11.2. The summed E-state index contributed by atoms with van der Waals surface area (Å²) in [6, 6.07) is 7.90. The van der Waals surface area contributed by atoms with Crippen LogP contribution in [-0.2, 0) is 6.42 Å². The topological polar surface area (TPSA) is 32.3 Å². The van der Waals surface area contributed by atoms with Crippen LogP contribution in [0.5, 0.6) is 5.75 Å². The minimum absolute atomic E-state index is 0.281. The lowest BCUT2D eigenvalue weighted by Crippen LogP contribution is -2.38. The van der Waals surface area contributed by atoms with Gasteiger partial charge in [-0.25, -0.2) is 0 Å². The third-order valence-corrected chi connectivity index (χ3v) is 4.16. The van der Waals surface area contributed by atoms with Crippen molar-refractivity contribution in [2.75, 3.05) is 12.8 Å². The molecule has 0 bridgehead atoms. The van der Waals surface area contributed by atoms with Gasteiger partial charge in [0.2, 0.25) is 0 Å². The minimum Gasteiger partial charge on any atom is -0.508 e. The van der Waals surface area contributed by atoms with Crippen LogP contribution in [0.15, 0.2) is 24.3 Å². The summed E-state index contributed by atoms with van der Waals surface area (Å²) in [6.45, 7) is 7.70. The van der Waals surface area contributed by atoms with Crippen LogP contribution in [-0.4, -0.2) is 28.7 Å². The number of benzene rings is 1. The summed E-state index contributed by atoms with van der Waals surface area (Å²) in [7, 11) is 0. The van der Waals surface area contributed by atoms with Gasteiger partial charge >= 0.3 is 0 Å². The van der Waals surface area contributed by atoms with Crippen LogP contribution in [0, 0.1) is 0 Å². The van der Waals surface area contributed by atoms with Crippen molar-refractivity contribution in [1.82, 2.24) is 5.32 Å². The Morgan fingerprint density at radius 3 is 2.41 bits per heavy atom. The standard InChI is InChI=1S/C14H23NOS/c1-11(15-10-14(2,3)17-4)9-12-5-7-13(16)8-6-12/h5-8,11,15-16H,9-10H2,1-4H3/t11-/m0/s1. The molecule has 0 amide bonds. The van der Waals surface area contributed by atoms with Crippen LogP contribution in [0.1, 0.15) is 26.3 Å². The fourth-order valence-electron chi connectivity index (χ4n) is 1.55. The summed E-state index contributed by atoms with van der Waals surface area (Å²) < 4.78 is 0.281. The molecule has 0 fully saturated rings. The smallest absolute Gasteiger partial charge is 0.115 e.